The quantitative estimate of drug-likeness (QED) is 0.927. The first-order valence-corrected chi connectivity index (χ1v) is 8.62. The lowest BCUT2D eigenvalue weighted by Gasteiger charge is -2.30. The minimum atomic E-state index is 0.0209. The molecular formula is C18H26N2O3. The maximum Gasteiger partial charge on any atom is 0.238 e. The molecule has 1 N–H and O–H groups in total. The number of nitrogens with zero attached hydrogens (tertiary/aromatic N) is 1. The fraction of sp³-hybridized carbons (Fsp3) is 0.611. The number of anilines is 1. The van der Waals surface area contributed by atoms with Gasteiger partial charge in [0.2, 0.25) is 5.91 Å². The zero-order valence-corrected chi connectivity index (χ0v) is 13.8. The van der Waals surface area contributed by atoms with Crippen LogP contribution >= 0.6 is 0 Å². The molecule has 5 heteroatoms. The lowest BCUT2D eigenvalue weighted by atomic mass is 9.94. The topological polar surface area (TPSA) is 50.8 Å². The average Bonchev–Trinajstić information content (AvgIpc) is 2.80. The molecule has 1 saturated carbocycles. The van der Waals surface area contributed by atoms with Gasteiger partial charge in [-0.25, -0.2) is 0 Å². The van der Waals surface area contributed by atoms with Gasteiger partial charge in [0.25, 0.3) is 0 Å². The number of hydrogen-bond acceptors (Lipinski definition) is 4. The molecule has 5 nitrogen and oxygen atoms in total. The van der Waals surface area contributed by atoms with Gasteiger partial charge in [0.05, 0.1) is 19.8 Å². The highest BCUT2D eigenvalue weighted by atomic mass is 16.5. The first kappa shape index (κ1) is 16.1. The van der Waals surface area contributed by atoms with E-state index in [4.69, 9.17) is 9.47 Å². The van der Waals surface area contributed by atoms with Crippen LogP contribution in [0.15, 0.2) is 18.2 Å². The van der Waals surface area contributed by atoms with Crippen molar-refractivity contribution in [2.45, 2.75) is 44.6 Å². The van der Waals surface area contributed by atoms with Crippen molar-refractivity contribution >= 4 is 11.6 Å². The second-order valence-corrected chi connectivity index (χ2v) is 6.47. The first-order chi connectivity index (χ1) is 11.2. The third-order valence-corrected chi connectivity index (χ3v) is 4.62. The van der Waals surface area contributed by atoms with Gasteiger partial charge >= 0.3 is 0 Å². The molecular weight excluding hydrogens is 292 g/mol. The number of hydrogen-bond donors (Lipinski definition) is 1. The number of likely N-dealkylation sites (N-methyl/N-ethyl adjacent to an activating group) is 1. The van der Waals surface area contributed by atoms with E-state index < -0.39 is 0 Å². The van der Waals surface area contributed by atoms with E-state index in [1.165, 1.54) is 32.1 Å². The van der Waals surface area contributed by atoms with Crippen LogP contribution in [0.2, 0.25) is 0 Å². The van der Waals surface area contributed by atoms with Gasteiger partial charge in [-0.3, -0.25) is 9.69 Å². The summed E-state index contributed by atoms with van der Waals surface area (Å²) in [7, 11) is 2.05. The molecule has 1 aliphatic heterocycles. The Labute approximate surface area is 137 Å². The summed E-state index contributed by atoms with van der Waals surface area (Å²) in [6.07, 6.45) is 7.16. The molecule has 0 saturated heterocycles. The van der Waals surface area contributed by atoms with Gasteiger partial charge in [-0.2, -0.15) is 0 Å². The van der Waals surface area contributed by atoms with Gasteiger partial charge in [-0.1, -0.05) is 19.3 Å². The zero-order valence-electron chi connectivity index (χ0n) is 13.8. The number of carbonyl (C=O) groups is 1. The standard InChI is InChI=1S/C18H26N2O3/c1-20(15-6-3-2-4-7-15)13-18(21)19-14-8-9-16-17(12-14)23-11-5-10-22-16/h8-9,12,15H,2-7,10-11,13H2,1H3,(H,19,21). The zero-order chi connectivity index (χ0) is 16.1. The maximum atomic E-state index is 12.3. The van der Waals surface area contributed by atoms with E-state index in [-0.39, 0.29) is 5.91 Å². The summed E-state index contributed by atoms with van der Waals surface area (Å²) in [5.41, 5.74) is 0.760. The van der Waals surface area contributed by atoms with E-state index in [2.05, 4.69) is 10.2 Å². The van der Waals surface area contributed by atoms with Crippen molar-refractivity contribution in [3.63, 3.8) is 0 Å². The molecule has 1 heterocycles. The average molecular weight is 318 g/mol. The summed E-state index contributed by atoms with van der Waals surface area (Å²) >= 11 is 0. The fourth-order valence-corrected chi connectivity index (χ4v) is 3.32. The van der Waals surface area contributed by atoms with Crippen LogP contribution in [-0.2, 0) is 4.79 Å². The van der Waals surface area contributed by atoms with Crippen LogP contribution in [0.5, 0.6) is 11.5 Å². The molecule has 1 aromatic rings. The molecule has 126 valence electrons. The highest BCUT2D eigenvalue weighted by Gasteiger charge is 2.20. The van der Waals surface area contributed by atoms with Gasteiger partial charge in [0, 0.05) is 24.2 Å². The summed E-state index contributed by atoms with van der Waals surface area (Å²) in [6, 6.07) is 6.12. The largest absolute Gasteiger partial charge is 0.490 e. The predicted octanol–water partition coefficient (Wildman–Crippen LogP) is 3.05. The second kappa shape index (κ2) is 7.68. The van der Waals surface area contributed by atoms with Gasteiger partial charge in [0.15, 0.2) is 11.5 Å². The molecule has 0 atom stereocenters. The third kappa shape index (κ3) is 4.38. The molecule has 0 bridgehead atoms. The molecule has 1 fully saturated rings. The highest BCUT2D eigenvalue weighted by molar-refractivity contribution is 5.92. The van der Waals surface area contributed by atoms with Crippen molar-refractivity contribution in [3.05, 3.63) is 18.2 Å². The Hall–Kier alpha value is -1.75. The Bertz CT molecular complexity index is 541. The minimum Gasteiger partial charge on any atom is -0.490 e. The Morgan fingerprint density at radius 1 is 1.13 bits per heavy atom. The molecule has 0 unspecified atom stereocenters. The number of fused-ring (bicyclic) bond motifs is 1. The lowest BCUT2D eigenvalue weighted by Crippen LogP contribution is -2.39. The maximum absolute atomic E-state index is 12.3. The number of amides is 1. The summed E-state index contributed by atoms with van der Waals surface area (Å²) in [5.74, 6) is 1.48. The van der Waals surface area contributed by atoms with E-state index in [0.717, 1.165) is 17.9 Å². The van der Waals surface area contributed by atoms with Crippen LogP contribution in [0, 0.1) is 0 Å². The van der Waals surface area contributed by atoms with Gasteiger partial charge in [-0.15, -0.1) is 0 Å². The molecule has 2 aliphatic rings. The van der Waals surface area contributed by atoms with E-state index in [1.54, 1.807) is 0 Å². The molecule has 23 heavy (non-hydrogen) atoms. The summed E-state index contributed by atoms with van der Waals surface area (Å²) < 4.78 is 11.3. The number of ether oxygens (including phenoxy) is 2. The molecule has 3 rings (SSSR count). The summed E-state index contributed by atoms with van der Waals surface area (Å²) in [4.78, 5) is 14.5. The predicted molar refractivity (Wildman–Crippen MR) is 90.2 cm³/mol. The van der Waals surface area contributed by atoms with Gasteiger partial charge < -0.3 is 14.8 Å². The number of benzene rings is 1. The molecule has 0 aromatic heterocycles. The van der Waals surface area contributed by atoms with Crippen LogP contribution in [-0.4, -0.2) is 43.7 Å². The first-order valence-electron chi connectivity index (χ1n) is 8.62. The van der Waals surface area contributed by atoms with Gasteiger partial charge in [-0.05, 0) is 32.0 Å². The fourth-order valence-electron chi connectivity index (χ4n) is 3.32. The van der Waals surface area contributed by atoms with Crippen molar-refractivity contribution in [3.8, 4) is 11.5 Å². The SMILES string of the molecule is CN(CC(=O)Nc1ccc2c(c1)OCCCO2)C1CCCCC1. The van der Waals surface area contributed by atoms with Crippen molar-refractivity contribution in [2.24, 2.45) is 0 Å². The molecule has 1 aliphatic carbocycles. The second-order valence-electron chi connectivity index (χ2n) is 6.47. The number of rotatable bonds is 4. The Kier molecular flexibility index (Phi) is 5.39. The smallest absolute Gasteiger partial charge is 0.238 e. The highest BCUT2D eigenvalue weighted by Crippen LogP contribution is 2.32. The monoisotopic (exact) mass is 318 g/mol. The van der Waals surface area contributed by atoms with Crippen LogP contribution < -0.4 is 14.8 Å². The lowest BCUT2D eigenvalue weighted by molar-refractivity contribution is -0.117. The molecule has 1 aromatic carbocycles. The molecule has 0 radical (unpaired) electrons. The van der Waals surface area contributed by atoms with Crippen molar-refractivity contribution < 1.29 is 14.3 Å². The molecule has 1 amide bonds. The van der Waals surface area contributed by atoms with Crippen molar-refractivity contribution in [1.29, 1.82) is 0 Å². The minimum absolute atomic E-state index is 0.0209. The Balaban J connectivity index is 1.56. The third-order valence-electron chi connectivity index (χ3n) is 4.62. The van der Waals surface area contributed by atoms with Crippen LogP contribution in [0.1, 0.15) is 38.5 Å². The van der Waals surface area contributed by atoms with E-state index in [9.17, 15) is 4.79 Å². The van der Waals surface area contributed by atoms with Crippen LogP contribution in [0.25, 0.3) is 0 Å². The normalized spacial score (nSPS) is 18.5. The summed E-state index contributed by atoms with van der Waals surface area (Å²) in [6.45, 7) is 1.75. The van der Waals surface area contributed by atoms with Crippen LogP contribution in [0.4, 0.5) is 5.69 Å². The summed E-state index contributed by atoms with van der Waals surface area (Å²) in [5, 5.41) is 2.97. The van der Waals surface area contributed by atoms with Gasteiger partial charge in [0.1, 0.15) is 0 Å². The van der Waals surface area contributed by atoms with Crippen molar-refractivity contribution in [1.82, 2.24) is 4.90 Å². The van der Waals surface area contributed by atoms with Crippen molar-refractivity contribution in [2.75, 3.05) is 32.1 Å². The van der Waals surface area contributed by atoms with E-state index in [0.29, 0.717) is 31.5 Å². The van der Waals surface area contributed by atoms with Crippen LogP contribution in [0.3, 0.4) is 0 Å². The Morgan fingerprint density at radius 3 is 2.65 bits per heavy atom. The Morgan fingerprint density at radius 2 is 1.87 bits per heavy atom. The molecule has 0 spiro atoms. The number of carbonyl (C=O) groups excluding carboxylic acids is 1. The van der Waals surface area contributed by atoms with E-state index in [1.807, 2.05) is 25.2 Å². The van der Waals surface area contributed by atoms with E-state index >= 15 is 0 Å². The number of nitrogens with one attached hydrogen (secondary N) is 1.